The molecule has 2 amide bonds. The lowest BCUT2D eigenvalue weighted by atomic mass is 10.0. The number of amides is 2. The molecule has 0 saturated heterocycles. The van der Waals surface area contributed by atoms with Crippen LogP contribution in [0.25, 0.3) is 0 Å². The number of aromatic nitrogens is 2. The van der Waals surface area contributed by atoms with Gasteiger partial charge in [-0.2, -0.15) is 5.10 Å². The number of H-pyrrole nitrogens is 1. The summed E-state index contributed by atoms with van der Waals surface area (Å²) in [5.74, 6) is 0.258. The van der Waals surface area contributed by atoms with Crippen molar-refractivity contribution >= 4 is 17.7 Å². The number of para-hydroxylation sites is 2. The van der Waals surface area contributed by atoms with Crippen molar-refractivity contribution in [3.63, 3.8) is 0 Å². The highest BCUT2D eigenvalue weighted by Crippen LogP contribution is 2.26. The molecular formula is C19H24N4O4. The summed E-state index contributed by atoms with van der Waals surface area (Å²) in [7, 11) is 1.55. The summed E-state index contributed by atoms with van der Waals surface area (Å²) in [5, 5.41) is 9.87. The van der Waals surface area contributed by atoms with E-state index in [2.05, 4.69) is 15.5 Å². The Morgan fingerprint density at radius 1 is 1.26 bits per heavy atom. The molecule has 1 aliphatic heterocycles. The summed E-state index contributed by atoms with van der Waals surface area (Å²) in [6.07, 6.45) is 0.155. The molecule has 1 aromatic carbocycles. The largest absolute Gasteiger partial charge is 0.495 e. The van der Waals surface area contributed by atoms with E-state index in [0.29, 0.717) is 36.6 Å². The minimum absolute atomic E-state index is 0.317. The van der Waals surface area contributed by atoms with Gasteiger partial charge in [-0.25, -0.2) is 4.79 Å². The second-order valence-corrected chi connectivity index (χ2v) is 7.34. The van der Waals surface area contributed by atoms with Gasteiger partial charge in [0, 0.05) is 12.1 Å². The fourth-order valence-corrected chi connectivity index (χ4v) is 2.92. The van der Waals surface area contributed by atoms with Crippen LogP contribution >= 0.6 is 0 Å². The number of anilines is 1. The number of fused-ring (bicyclic) bond motifs is 1. The first-order valence-electron chi connectivity index (χ1n) is 8.77. The van der Waals surface area contributed by atoms with Gasteiger partial charge in [-0.1, -0.05) is 12.1 Å². The average molecular weight is 372 g/mol. The maximum absolute atomic E-state index is 12.7. The Morgan fingerprint density at radius 3 is 2.70 bits per heavy atom. The summed E-state index contributed by atoms with van der Waals surface area (Å²) >= 11 is 0. The molecule has 3 rings (SSSR count). The second-order valence-electron chi connectivity index (χ2n) is 7.34. The normalized spacial score (nSPS) is 13.7. The predicted octanol–water partition coefficient (Wildman–Crippen LogP) is 2.96. The topological polar surface area (TPSA) is 96.5 Å². The van der Waals surface area contributed by atoms with Gasteiger partial charge in [-0.15, -0.1) is 0 Å². The van der Waals surface area contributed by atoms with E-state index in [4.69, 9.17) is 9.47 Å². The van der Waals surface area contributed by atoms with E-state index in [1.54, 1.807) is 24.1 Å². The highest BCUT2D eigenvalue weighted by molar-refractivity contribution is 6.04. The lowest BCUT2D eigenvalue weighted by Gasteiger charge is -2.29. The van der Waals surface area contributed by atoms with E-state index in [1.165, 1.54) is 0 Å². The number of methoxy groups -OCH3 is 1. The van der Waals surface area contributed by atoms with Crippen molar-refractivity contribution in [2.24, 2.45) is 0 Å². The third-order valence-electron chi connectivity index (χ3n) is 4.16. The molecule has 0 saturated carbocycles. The molecule has 1 aliphatic rings. The van der Waals surface area contributed by atoms with Gasteiger partial charge in [0.05, 0.1) is 25.0 Å². The van der Waals surface area contributed by atoms with Gasteiger partial charge in [0.25, 0.3) is 5.91 Å². The number of hydrogen-bond acceptors (Lipinski definition) is 5. The highest BCUT2D eigenvalue weighted by Gasteiger charge is 2.30. The molecular weight excluding hydrogens is 348 g/mol. The molecule has 8 heteroatoms. The van der Waals surface area contributed by atoms with Crippen molar-refractivity contribution < 1.29 is 19.1 Å². The monoisotopic (exact) mass is 372 g/mol. The van der Waals surface area contributed by atoms with Gasteiger partial charge >= 0.3 is 6.09 Å². The third-order valence-corrected chi connectivity index (χ3v) is 4.16. The first-order valence-corrected chi connectivity index (χ1v) is 8.77. The van der Waals surface area contributed by atoms with E-state index in [-0.39, 0.29) is 12.0 Å². The highest BCUT2D eigenvalue weighted by atomic mass is 16.6. The molecule has 2 heterocycles. The van der Waals surface area contributed by atoms with Crippen LogP contribution in [-0.4, -0.2) is 46.4 Å². The molecule has 144 valence electrons. The van der Waals surface area contributed by atoms with Crippen LogP contribution in [0.1, 0.15) is 42.5 Å². The lowest BCUT2D eigenvalue weighted by Crippen LogP contribution is -2.40. The number of hydrogen-bond donors (Lipinski definition) is 2. The zero-order valence-electron chi connectivity index (χ0n) is 16.0. The number of carbonyl (C=O) groups excluding carboxylic acids is 2. The quantitative estimate of drug-likeness (QED) is 0.863. The molecule has 1 aromatic heterocycles. The number of aromatic amines is 1. The SMILES string of the molecule is COc1ccccc1NC(=O)c1n[nH]c2c1CCN(C(=O)OC(C)(C)C)C2. The van der Waals surface area contributed by atoms with Gasteiger partial charge < -0.3 is 19.7 Å². The summed E-state index contributed by atoms with van der Waals surface area (Å²) < 4.78 is 10.7. The Balaban J connectivity index is 1.73. The van der Waals surface area contributed by atoms with Crippen molar-refractivity contribution in [2.75, 3.05) is 19.0 Å². The van der Waals surface area contributed by atoms with Crippen molar-refractivity contribution in [2.45, 2.75) is 39.3 Å². The van der Waals surface area contributed by atoms with E-state index in [1.807, 2.05) is 32.9 Å². The second kappa shape index (κ2) is 7.30. The van der Waals surface area contributed by atoms with Crippen molar-refractivity contribution in [1.82, 2.24) is 15.1 Å². The van der Waals surface area contributed by atoms with Crippen molar-refractivity contribution in [1.29, 1.82) is 0 Å². The minimum atomic E-state index is -0.550. The van der Waals surface area contributed by atoms with Crippen molar-refractivity contribution in [3.8, 4) is 5.75 Å². The number of carbonyl (C=O) groups is 2. The fourth-order valence-electron chi connectivity index (χ4n) is 2.92. The Hall–Kier alpha value is -3.03. The molecule has 0 aliphatic carbocycles. The molecule has 0 radical (unpaired) electrons. The molecule has 0 fully saturated rings. The van der Waals surface area contributed by atoms with Crippen LogP contribution in [0.15, 0.2) is 24.3 Å². The van der Waals surface area contributed by atoms with E-state index < -0.39 is 5.60 Å². The van der Waals surface area contributed by atoms with Crippen LogP contribution in [0.3, 0.4) is 0 Å². The maximum atomic E-state index is 12.7. The van der Waals surface area contributed by atoms with Gasteiger partial charge in [0.15, 0.2) is 5.69 Å². The van der Waals surface area contributed by atoms with Crippen LogP contribution in [0.2, 0.25) is 0 Å². The number of benzene rings is 1. The van der Waals surface area contributed by atoms with Crippen LogP contribution in [0, 0.1) is 0 Å². The molecule has 0 atom stereocenters. The number of nitrogens with zero attached hydrogens (tertiary/aromatic N) is 2. The molecule has 0 spiro atoms. The summed E-state index contributed by atoms with van der Waals surface area (Å²) in [4.78, 5) is 26.5. The molecule has 2 aromatic rings. The van der Waals surface area contributed by atoms with E-state index in [9.17, 15) is 9.59 Å². The van der Waals surface area contributed by atoms with E-state index in [0.717, 1.165) is 11.3 Å². The van der Waals surface area contributed by atoms with Crippen LogP contribution in [0.4, 0.5) is 10.5 Å². The zero-order chi connectivity index (χ0) is 19.6. The number of nitrogens with one attached hydrogen (secondary N) is 2. The number of rotatable bonds is 3. The average Bonchev–Trinajstić information content (AvgIpc) is 3.04. The standard InChI is InChI=1S/C19H24N4O4/c1-19(2,3)27-18(25)23-10-9-12-14(11-23)21-22-16(12)17(24)20-13-7-5-6-8-15(13)26-4/h5-8H,9-11H2,1-4H3,(H,20,24)(H,21,22). The fraction of sp³-hybridized carbons (Fsp3) is 0.421. The lowest BCUT2D eigenvalue weighted by molar-refractivity contribution is 0.0221. The van der Waals surface area contributed by atoms with Gasteiger partial charge in [0.1, 0.15) is 11.4 Å². The zero-order valence-corrected chi connectivity index (χ0v) is 16.0. The van der Waals surface area contributed by atoms with E-state index >= 15 is 0 Å². The van der Waals surface area contributed by atoms with Crippen molar-refractivity contribution in [3.05, 3.63) is 41.2 Å². The van der Waals surface area contributed by atoms with Crippen LogP contribution in [-0.2, 0) is 17.7 Å². The molecule has 0 bridgehead atoms. The number of ether oxygens (including phenoxy) is 2. The Kier molecular flexibility index (Phi) is 5.07. The molecule has 2 N–H and O–H groups in total. The van der Waals surface area contributed by atoms with Crippen LogP contribution < -0.4 is 10.1 Å². The minimum Gasteiger partial charge on any atom is -0.495 e. The third kappa shape index (κ3) is 4.21. The summed E-state index contributed by atoms with van der Waals surface area (Å²) in [6.45, 7) is 6.29. The first-order chi connectivity index (χ1) is 12.8. The Morgan fingerprint density at radius 2 is 2.00 bits per heavy atom. The summed E-state index contributed by atoms with van der Waals surface area (Å²) in [5.41, 5.74) is 1.93. The summed E-state index contributed by atoms with van der Waals surface area (Å²) in [6, 6.07) is 7.18. The van der Waals surface area contributed by atoms with Gasteiger partial charge in [-0.3, -0.25) is 9.89 Å². The Bertz CT molecular complexity index is 854. The van der Waals surface area contributed by atoms with Gasteiger partial charge in [-0.05, 0) is 39.3 Å². The molecule has 27 heavy (non-hydrogen) atoms. The molecule has 0 unspecified atom stereocenters. The predicted molar refractivity (Wildman–Crippen MR) is 99.9 cm³/mol. The first kappa shape index (κ1) is 18.8. The Labute approximate surface area is 157 Å². The van der Waals surface area contributed by atoms with Crippen LogP contribution in [0.5, 0.6) is 5.75 Å². The maximum Gasteiger partial charge on any atom is 0.410 e. The molecule has 8 nitrogen and oxygen atoms in total. The van der Waals surface area contributed by atoms with Gasteiger partial charge in [0.2, 0.25) is 0 Å². The smallest absolute Gasteiger partial charge is 0.410 e.